The Morgan fingerprint density at radius 1 is 1.04 bits per heavy atom. The van der Waals surface area contributed by atoms with Crippen LogP contribution in [0.1, 0.15) is 30.2 Å². The number of hydrogen-bond donors (Lipinski definition) is 0. The van der Waals surface area contributed by atoms with Gasteiger partial charge in [-0.15, -0.1) is 10.2 Å². The molecule has 0 unspecified atom stereocenters. The van der Waals surface area contributed by atoms with E-state index in [2.05, 4.69) is 20.1 Å². The smallest absolute Gasteiger partial charge is 0.247 e. The van der Waals surface area contributed by atoms with Crippen molar-refractivity contribution in [3.8, 4) is 11.5 Å². The molecule has 6 heteroatoms. The van der Waals surface area contributed by atoms with Crippen LogP contribution in [0.4, 0.5) is 4.39 Å². The molecule has 1 fully saturated rings. The molecule has 1 aliphatic heterocycles. The van der Waals surface area contributed by atoms with Crippen LogP contribution in [0.2, 0.25) is 0 Å². The van der Waals surface area contributed by atoms with Crippen molar-refractivity contribution < 1.29 is 8.81 Å². The molecule has 1 aromatic carbocycles. The van der Waals surface area contributed by atoms with Gasteiger partial charge in [0, 0.05) is 36.0 Å². The van der Waals surface area contributed by atoms with Gasteiger partial charge in [0.25, 0.3) is 0 Å². The first-order valence-electron chi connectivity index (χ1n) is 8.49. The summed E-state index contributed by atoms with van der Waals surface area (Å²) in [6, 6.07) is 10.7. The number of rotatable bonds is 4. The zero-order valence-corrected chi connectivity index (χ0v) is 13.8. The summed E-state index contributed by atoms with van der Waals surface area (Å²) in [5.41, 5.74) is 1.63. The second kappa shape index (κ2) is 7.11. The molecule has 0 atom stereocenters. The molecular weight excluding hydrogens is 319 g/mol. The summed E-state index contributed by atoms with van der Waals surface area (Å²) in [6.45, 7) is 2.43. The molecule has 1 saturated heterocycles. The number of pyridine rings is 1. The van der Waals surface area contributed by atoms with E-state index in [4.69, 9.17) is 4.42 Å². The molecule has 0 aliphatic carbocycles. The molecule has 0 bridgehead atoms. The third kappa shape index (κ3) is 3.58. The molecule has 25 heavy (non-hydrogen) atoms. The molecule has 0 spiro atoms. The normalized spacial score (nSPS) is 16.2. The molecule has 4 rings (SSSR count). The Morgan fingerprint density at radius 2 is 1.80 bits per heavy atom. The van der Waals surface area contributed by atoms with E-state index in [0.29, 0.717) is 18.3 Å². The Kier molecular flexibility index (Phi) is 4.52. The number of likely N-dealkylation sites (tertiary alicyclic amines) is 1. The van der Waals surface area contributed by atoms with E-state index >= 15 is 0 Å². The van der Waals surface area contributed by atoms with Crippen LogP contribution in [-0.4, -0.2) is 33.2 Å². The standard InChI is InChI=1S/C19H19FN4O/c20-17-4-2-1-3-16(17)13-24-11-7-15(8-12-24)19-23-22-18(25-19)14-5-9-21-10-6-14/h1-6,9-10,15H,7-8,11-13H2. The van der Waals surface area contributed by atoms with Gasteiger partial charge in [-0.3, -0.25) is 9.88 Å². The largest absolute Gasteiger partial charge is 0.420 e. The third-order valence-corrected chi connectivity index (χ3v) is 4.66. The molecule has 0 amide bonds. The van der Waals surface area contributed by atoms with Crippen LogP contribution < -0.4 is 0 Å². The highest BCUT2D eigenvalue weighted by Crippen LogP contribution is 2.29. The van der Waals surface area contributed by atoms with E-state index in [1.807, 2.05) is 24.3 Å². The minimum Gasteiger partial charge on any atom is -0.420 e. The van der Waals surface area contributed by atoms with E-state index in [-0.39, 0.29) is 11.7 Å². The van der Waals surface area contributed by atoms with Gasteiger partial charge in [-0.05, 0) is 44.1 Å². The molecule has 0 saturated carbocycles. The molecule has 3 heterocycles. The zero-order valence-electron chi connectivity index (χ0n) is 13.8. The van der Waals surface area contributed by atoms with E-state index in [1.165, 1.54) is 6.07 Å². The van der Waals surface area contributed by atoms with Crippen molar-refractivity contribution in [1.82, 2.24) is 20.1 Å². The van der Waals surface area contributed by atoms with Gasteiger partial charge in [0.1, 0.15) is 5.82 Å². The van der Waals surface area contributed by atoms with Crippen LogP contribution in [0.3, 0.4) is 0 Å². The van der Waals surface area contributed by atoms with E-state index in [1.54, 1.807) is 18.5 Å². The minimum absolute atomic E-state index is 0.136. The van der Waals surface area contributed by atoms with Crippen molar-refractivity contribution in [2.75, 3.05) is 13.1 Å². The Balaban J connectivity index is 1.38. The maximum atomic E-state index is 13.8. The summed E-state index contributed by atoms with van der Waals surface area (Å²) in [5, 5.41) is 8.38. The van der Waals surface area contributed by atoms with Crippen LogP contribution in [0.15, 0.2) is 53.2 Å². The number of aromatic nitrogens is 3. The second-order valence-corrected chi connectivity index (χ2v) is 6.32. The van der Waals surface area contributed by atoms with Gasteiger partial charge in [-0.2, -0.15) is 0 Å². The van der Waals surface area contributed by atoms with Gasteiger partial charge >= 0.3 is 0 Å². The molecule has 3 aromatic rings. The Morgan fingerprint density at radius 3 is 2.56 bits per heavy atom. The average molecular weight is 338 g/mol. The van der Waals surface area contributed by atoms with Gasteiger partial charge in [0.15, 0.2) is 0 Å². The fraction of sp³-hybridized carbons (Fsp3) is 0.316. The highest BCUT2D eigenvalue weighted by atomic mass is 19.1. The summed E-state index contributed by atoms with van der Waals surface area (Å²) >= 11 is 0. The van der Waals surface area contributed by atoms with Gasteiger partial charge in [0.2, 0.25) is 11.8 Å². The topological polar surface area (TPSA) is 55.1 Å². The van der Waals surface area contributed by atoms with Crippen molar-refractivity contribution in [3.05, 3.63) is 66.1 Å². The predicted molar refractivity (Wildman–Crippen MR) is 91.2 cm³/mol. The highest BCUT2D eigenvalue weighted by molar-refractivity contribution is 5.50. The van der Waals surface area contributed by atoms with Gasteiger partial charge in [-0.25, -0.2) is 4.39 Å². The van der Waals surface area contributed by atoms with Crippen LogP contribution in [0.25, 0.3) is 11.5 Å². The molecule has 128 valence electrons. The van der Waals surface area contributed by atoms with Crippen molar-refractivity contribution in [2.24, 2.45) is 0 Å². The average Bonchev–Trinajstić information content (AvgIpc) is 3.15. The van der Waals surface area contributed by atoms with Crippen molar-refractivity contribution in [1.29, 1.82) is 0 Å². The summed E-state index contributed by atoms with van der Waals surface area (Å²) in [4.78, 5) is 6.27. The van der Waals surface area contributed by atoms with Crippen molar-refractivity contribution >= 4 is 0 Å². The Hall–Kier alpha value is -2.60. The summed E-state index contributed by atoms with van der Waals surface area (Å²) in [6.07, 6.45) is 5.29. The maximum Gasteiger partial charge on any atom is 0.247 e. The van der Waals surface area contributed by atoms with Crippen LogP contribution in [-0.2, 0) is 6.54 Å². The first-order valence-corrected chi connectivity index (χ1v) is 8.49. The Labute approximate surface area is 145 Å². The second-order valence-electron chi connectivity index (χ2n) is 6.32. The summed E-state index contributed by atoms with van der Waals surface area (Å²) < 4.78 is 19.6. The van der Waals surface area contributed by atoms with Gasteiger partial charge in [-0.1, -0.05) is 18.2 Å². The third-order valence-electron chi connectivity index (χ3n) is 4.66. The molecule has 5 nitrogen and oxygen atoms in total. The lowest BCUT2D eigenvalue weighted by Gasteiger charge is -2.30. The number of nitrogens with zero attached hydrogens (tertiary/aromatic N) is 4. The fourth-order valence-electron chi connectivity index (χ4n) is 3.22. The first kappa shape index (κ1) is 15.9. The molecule has 0 N–H and O–H groups in total. The molecule has 0 radical (unpaired) electrons. The zero-order chi connectivity index (χ0) is 17.1. The monoisotopic (exact) mass is 338 g/mol. The minimum atomic E-state index is -0.136. The quantitative estimate of drug-likeness (QED) is 0.727. The van der Waals surface area contributed by atoms with Crippen LogP contribution in [0, 0.1) is 5.82 Å². The number of hydrogen-bond acceptors (Lipinski definition) is 5. The van der Waals surface area contributed by atoms with Gasteiger partial charge in [0.05, 0.1) is 0 Å². The number of halogens is 1. The van der Waals surface area contributed by atoms with E-state index in [9.17, 15) is 4.39 Å². The van der Waals surface area contributed by atoms with E-state index in [0.717, 1.165) is 37.1 Å². The van der Waals surface area contributed by atoms with Crippen molar-refractivity contribution in [3.63, 3.8) is 0 Å². The molecule has 1 aliphatic rings. The fourth-order valence-corrected chi connectivity index (χ4v) is 3.22. The van der Waals surface area contributed by atoms with Crippen LogP contribution >= 0.6 is 0 Å². The lowest BCUT2D eigenvalue weighted by Crippen LogP contribution is -2.32. The number of benzene rings is 1. The lowest BCUT2D eigenvalue weighted by atomic mass is 9.96. The highest BCUT2D eigenvalue weighted by Gasteiger charge is 2.25. The lowest BCUT2D eigenvalue weighted by molar-refractivity contribution is 0.191. The molecular formula is C19H19FN4O. The Bertz CT molecular complexity index is 828. The predicted octanol–water partition coefficient (Wildman–Crippen LogP) is 3.65. The van der Waals surface area contributed by atoms with Crippen molar-refractivity contribution in [2.45, 2.75) is 25.3 Å². The van der Waals surface area contributed by atoms with Gasteiger partial charge < -0.3 is 4.42 Å². The summed E-state index contributed by atoms with van der Waals surface area (Å²) in [5.74, 6) is 1.35. The maximum absolute atomic E-state index is 13.8. The van der Waals surface area contributed by atoms with E-state index < -0.39 is 0 Å². The summed E-state index contributed by atoms with van der Waals surface area (Å²) in [7, 11) is 0. The SMILES string of the molecule is Fc1ccccc1CN1CCC(c2nnc(-c3ccncc3)o2)CC1. The van der Waals surface area contributed by atoms with Crippen LogP contribution in [0.5, 0.6) is 0 Å². The number of piperidine rings is 1. The molecule has 2 aromatic heterocycles. The first-order chi connectivity index (χ1) is 12.3.